The van der Waals surface area contributed by atoms with Gasteiger partial charge in [-0.25, -0.2) is 0 Å². The Hall–Kier alpha value is -1.56. The fraction of sp³-hybridized carbons (Fsp3) is 0.278. The molecule has 25 heavy (non-hydrogen) atoms. The normalized spacial score (nSPS) is 10.4. The summed E-state index contributed by atoms with van der Waals surface area (Å²) in [6, 6.07) is 8.96. The highest BCUT2D eigenvalue weighted by molar-refractivity contribution is 7.99. The quantitative estimate of drug-likeness (QED) is 0.695. The van der Waals surface area contributed by atoms with Gasteiger partial charge in [-0.3, -0.25) is 4.79 Å². The molecule has 0 saturated carbocycles. The highest BCUT2D eigenvalue weighted by Gasteiger charge is 2.12. The summed E-state index contributed by atoms with van der Waals surface area (Å²) in [6.45, 7) is 2.00. The largest absolute Gasteiger partial charge is 0.493 e. The standard InChI is InChI=1S/C18H19Cl2NO3S/c1-11-7-15(23-2)16(24-3)8-12(11)9-25-10-17(22)21-18-13(19)5-4-6-14(18)20/h4-8H,9-10H2,1-3H3,(H,21,22). The number of halogens is 2. The van der Waals surface area contributed by atoms with E-state index in [0.717, 1.165) is 11.1 Å². The number of carbonyl (C=O) groups is 1. The minimum Gasteiger partial charge on any atom is -0.493 e. The Balaban J connectivity index is 1.95. The highest BCUT2D eigenvalue weighted by Crippen LogP contribution is 2.32. The van der Waals surface area contributed by atoms with Gasteiger partial charge in [0.05, 0.1) is 35.7 Å². The number of methoxy groups -OCH3 is 2. The highest BCUT2D eigenvalue weighted by atomic mass is 35.5. The topological polar surface area (TPSA) is 47.6 Å². The third-order valence-corrected chi connectivity index (χ3v) is 5.17. The molecule has 0 radical (unpaired) electrons. The van der Waals surface area contributed by atoms with Crippen molar-refractivity contribution in [3.05, 3.63) is 51.5 Å². The maximum atomic E-state index is 12.1. The van der Waals surface area contributed by atoms with Crippen molar-refractivity contribution in [2.45, 2.75) is 12.7 Å². The zero-order chi connectivity index (χ0) is 18.4. The van der Waals surface area contributed by atoms with Crippen LogP contribution in [0.25, 0.3) is 0 Å². The van der Waals surface area contributed by atoms with Crippen LogP contribution in [-0.2, 0) is 10.5 Å². The fourth-order valence-electron chi connectivity index (χ4n) is 2.22. The molecule has 0 spiro atoms. The van der Waals surface area contributed by atoms with E-state index in [-0.39, 0.29) is 11.7 Å². The van der Waals surface area contributed by atoms with Crippen molar-refractivity contribution in [2.75, 3.05) is 25.3 Å². The summed E-state index contributed by atoms with van der Waals surface area (Å²) in [5.41, 5.74) is 2.62. The van der Waals surface area contributed by atoms with Crippen LogP contribution in [0.4, 0.5) is 5.69 Å². The molecule has 1 N–H and O–H groups in total. The van der Waals surface area contributed by atoms with Gasteiger partial charge in [-0.05, 0) is 42.3 Å². The number of carbonyl (C=O) groups excluding carboxylic acids is 1. The second-order valence-electron chi connectivity index (χ2n) is 5.27. The number of anilines is 1. The van der Waals surface area contributed by atoms with Crippen molar-refractivity contribution in [1.29, 1.82) is 0 Å². The molecule has 134 valence electrons. The first kappa shape index (κ1) is 19.8. The first-order valence-corrected chi connectivity index (χ1v) is 9.40. The molecule has 0 aliphatic carbocycles. The monoisotopic (exact) mass is 399 g/mol. The summed E-state index contributed by atoms with van der Waals surface area (Å²) in [4.78, 5) is 12.1. The van der Waals surface area contributed by atoms with Crippen molar-refractivity contribution in [1.82, 2.24) is 0 Å². The van der Waals surface area contributed by atoms with Gasteiger partial charge in [-0.1, -0.05) is 29.3 Å². The number of rotatable bonds is 7. The Labute approximate surface area is 161 Å². The van der Waals surface area contributed by atoms with Crippen LogP contribution in [0.15, 0.2) is 30.3 Å². The van der Waals surface area contributed by atoms with Crippen molar-refractivity contribution in [3.8, 4) is 11.5 Å². The van der Waals surface area contributed by atoms with Crippen LogP contribution in [0.3, 0.4) is 0 Å². The molecular formula is C18H19Cl2NO3S. The lowest BCUT2D eigenvalue weighted by Crippen LogP contribution is -2.15. The molecule has 2 aromatic rings. The zero-order valence-corrected chi connectivity index (χ0v) is 16.5. The van der Waals surface area contributed by atoms with Gasteiger partial charge in [0.2, 0.25) is 5.91 Å². The number of nitrogens with one attached hydrogen (secondary N) is 1. The molecule has 0 saturated heterocycles. The molecule has 0 aliphatic heterocycles. The van der Waals surface area contributed by atoms with Gasteiger partial charge in [-0.15, -0.1) is 11.8 Å². The van der Waals surface area contributed by atoms with Crippen LogP contribution < -0.4 is 14.8 Å². The Morgan fingerprint density at radius 2 is 1.72 bits per heavy atom. The molecule has 2 aromatic carbocycles. The van der Waals surface area contributed by atoms with Crippen molar-refractivity contribution in [2.24, 2.45) is 0 Å². The van der Waals surface area contributed by atoms with Gasteiger partial charge in [0.15, 0.2) is 11.5 Å². The van der Waals surface area contributed by atoms with Crippen molar-refractivity contribution < 1.29 is 14.3 Å². The second kappa shape index (κ2) is 9.22. The number of aryl methyl sites for hydroxylation is 1. The Bertz CT molecular complexity index is 748. The SMILES string of the molecule is COc1cc(C)c(CSCC(=O)Nc2c(Cl)cccc2Cl)cc1OC. The van der Waals surface area contributed by atoms with E-state index >= 15 is 0 Å². The minimum absolute atomic E-state index is 0.155. The number of benzene rings is 2. The van der Waals surface area contributed by atoms with E-state index in [2.05, 4.69) is 5.32 Å². The number of hydrogen-bond donors (Lipinski definition) is 1. The average molecular weight is 400 g/mol. The molecule has 0 atom stereocenters. The van der Waals surface area contributed by atoms with E-state index in [9.17, 15) is 4.79 Å². The van der Waals surface area contributed by atoms with Gasteiger partial charge in [-0.2, -0.15) is 0 Å². The molecule has 7 heteroatoms. The number of amides is 1. The second-order valence-corrected chi connectivity index (χ2v) is 7.07. The van der Waals surface area contributed by atoms with Gasteiger partial charge < -0.3 is 14.8 Å². The van der Waals surface area contributed by atoms with Crippen LogP contribution in [0.1, 0.15) is 11.1 Å². The van der Waals surface area contributed by atoms with Crippen LogP contribution in [0, 0.1) is 6.92 Å². The fourth-order valence-corrected chi connectivity index (χ4v) is 3.61. The maximum Gasteiger partial charge on any atom is 0.234 e. The first-order chi connectivity index (χ1) is 12.0. The van der Waals surface area contributed by atoms with Crippen LogP contribution in [0.5, 0.6) is 11.5 Å². The molecule has 0 bridgehead atoms. The predicted molar refractivity (Wildman–Crippen MR) is 106 cm³/mol. The van der Waals surface area contributed by atoms with Crippen molar-refractivity contribution in [3.63, 3.8) is 0 Å². The summed E-state index contributed by atoms with van der Waals surface area (Å²) >= 11 is 13.6. The Kier molecular flexibility index (Phi) is 7.29. The van der Waals surface area contributed by atoms with Gasteiger partial charge >= 0.3 is 0 Å². The van der Waals surface area contributed by atoms with Crippen LogP contribution >= 0.6 is 35.0 Å². The van der Waals surface area contributed by atoms with Crippen molar-refractivity contribution >= 4 is 46.6 Å². The Morgan fingerprint density at radius 1 is 1.12 bits per heavy atom. The summed E-state index contributed by atoms with van der Waals surface area (Å²) in [5.74, 6) is 2.18. The maximum absolute atomic E-state index is 12.1. The lowest BCUT2D eigenvalue weighted by molar-refractivity contribution is -0.113. The molecule has 0 unspecified atom stereocenters. The summed E-state index contributed by atoms with van der Waals surface area (Å²) in [6.07, 6.45) is 0. The van der Waals surface area contributed by atoms with Crippen LogP contribution in [-0.4, -0.2) is 25.9 Å². The molecule has 0 aromatic heterocycles. The van der Waals surface area contributed by atoms with E-state index in [1.165, 1.54) is 11.8 Å². The molecule has 0 aliphatic rings. The smallest absolute Gasteiger partial charge is 0.234 e. The third-order valence-electron chi connectivity index (χ3n) is 3.56. The van der Waals surface area contributed by atoms with Gasteiger partial charge in [0.1, 0.15) is 0 Å². The summed E-state index contributed by atoms with van der Waals surface area (Å²) in [7, 11) is 3.21. The minimum atomic E-state index is -0.155. The zero-order valence-electron chi connectivity index (χ0n) is 14.2. The van der Waals surface area contributed by atoms with E-state index in [1.54, 1.807) is 32.4 Å². The predicted octanol–water partition coefficient (Wildman–Crippen LogP) is 5.19. The Morgan fingerprint density at radius 3 is 2.32 bits per heavy atom. The molecular weight excluding hydrogens is 381 g/mol. The van der Waals surface area contributed by atoms with Gasteiger partial charge in [0, 0.05) is 5.75 Å². The van der Waals surface area contributed by atoms with Crippen LogP contribution in [0.2, 0.25) is 10.0 Å². The summed E-state index contributed by atoms with van der Waals surface area (Å²) in [5, 5.41) is 3.59. The molecule has 1 amide bonds. The number of thioether (sulfide) groups is 1. The number of hydrogen-bond acceptors (Lipinski definition) is 4. The molecule has 2 rings (SSSR count). The van der Waals surface area contributed by atoms with E-state index in [1.807, 2.05) is 19.1 Å². The third kappa shape index (κ3) is 5.21. The van der Waals surface area contributed by atoms with E-state index in [4.69, 9.17) is 32.7 Å². The number of ether oxygens (including phenoxy) is 2. The first-order valence-electron chi connectivity index (χ1n) is 7.49. The molecule has 0 fully saturated rings. The van der Waals surface area contributed by atoms with Gasteiger partial charge in [0.25, 0.3) is 0 Å². The lowest BCUT2D eigenvalue weighted by atomic mass is 10.1. The van der Waals surface area contributed by atoms with E-state index < -0.39 is 0 Å². The van der Waals surface area contributed by atoms with E-state index in [0.29, 0.717) is 33.0 Å². The lowest BCUT2D eigenvalue weighted by Gasteiger charge is -2.13. The number of para-hydroxylation sites is 1. The molecule has 4 nitrogen and oxygen atoms in total. The summed E-state index contributed by atoms with van der Waals surface area (Å²) < 4.78 is 10.6. The average Bonchev–Trinajstić information content (AvgIpc) is 2.59. The molecule has 0 heterocycles.